The van der Waals surface area contributed by atoms with Crippen LogP contribution in [0.3, 0.4) is 0 Å². The lowest BCUT2D eigenvalue weighted by Gasteiger charge is -2.35. The lowest BCUT2D eigenvalue weighted by atomic mass is 10.4. The van der Waals surface area contributed by atoms with Crippen LogP contribution in [0.25, 0.3) is 0 Å². The zero-order chi connectivity index (χ0) is 11.6. The summed E-state index contributed by atoms with van der Waals surface area (Å²) in [5, 5.41) is 1.22. The average Bonchev–Trinajstić information content (AvgIpc) is 2.43. The quantitative estimate of drug-likeness (QED) is 0.612. The van der Waals surface area contributed by atoms with Crippen molar-refractivity contribution in [1.82, 2.24) is 5.01 Å². The van der Waals surface area contributed by atoms with Gasteiger partial charge in [-0.05, 0) is 0 Å². The molecule has 6 nitrogen and oxygen atoms in total. The molecule has 0 bridgehead atoms. The summed E-state index contributed by atoms with van der Waals surface area (Å²) in [5.41, 5.74) is 5.05. The Balaban J connectivity index is 2.92. The fourth-order valence-electron chi connectivity index (χ4n) is 1.88. The summed E-state index contributed by atoms with van der Waals surface area (Å²) >= 11 is 0. The first-order chi connectivity index (χ1) is 6.88. The summed E-state index contributed by atoms with van der Waals surface area (Å²) in [6.07, 6.45) is 1.18. The lowest BCUT2D eigenvalue weighted by Crippen LogP contribution is -2.61. The molecule has 0 spiro atoms. The normalized spacial score (nSPS) is 25.3. The van der Waals surface area contributed by atoms with Gasteiger partial charge in [0.2, 0.25) is 5.91 Å². The van der Waals surface area contributed by atoms with Crippen LogP contribution < -0.4 is 5.73 Å². The van der Waals surface area contributed by atoms with E-state index in [2.05, 4.69) is 0 Å². The van der Waals surface area contributed by atoms with Crippen LogP contribution in [0, 0.1) is 0 Å². The number of primary amides is 1. The zero-order valence-electron chi connectivity index (χ0n) is 9.02. The van der Waals surface area contributed by atoms with Gasteiger partial charge in [-0.2, -0.15) is 9.60 Å². The fourth-order valence-corrected chi connectivity index (χ4v) is 1.88. The molecule has 0 aromatic rings. The van der Waals surface area contributed by atoms with Crippen LogP contribution in [0.4, 0.5) is 0 Å². The molecule has 0 aromatic heterocycles. The Kier molecular flexibility index (Phi) is 3.09. The smallest absolute Gasteiger partial charge is 0.338 e. The molecule has 0 aliphatic carbocycles. The van der Waals surface area contributed by atoms with Crippen LogP contribution in [0.1, 0.15) is 19.8 Å². The first-order valence-corrected chi connectivity index (χ1v) is 4.84. The summed E-state index contributed by atoms with van der Waals surface area (Å²) in [6, 6.07) is 0. The third-order valence-electron chi connectivity index (χ3n) is 2.72. The van der Waals surface area contributed by atoms with Crippen molar-refractivity contribution in [3.63, 3.8) is 0 Å². The molecule has 1 heterocycles. The van der Waals surface area contributed by atoms with Crippen molar-refractivity contribution in [2.45, 2.75) is 19.8 Å². The number of quaternary nitrogens is 1. The lowest BCUT2D eigenvalue weighted by molar-refractivity contribution is -0.930. The van der Waals surface area contributed by atoms with Gasteiger partial charge in [0.05, 0.1) is 13.5 Å². The number of rotatable bonds is 3. The van der Waals surface area contributed by atoms with E-state index in [4.69, 9.17) is 5.73 Å². The van der Waals surface area contributed by atoms with E-state index in [0.717, 1.165) is 6.42 Å². The maximum atomic E-state index is 11.6. The molecule has 0 aromatic carbocycles. The molecule has 0 saturated carbocycles. The van der Waals surface area contributed by atoms with Gasteiger partial charge in [0.25, 0.3) is 5.91 Å². The number of carbonyl (C=O) groups is 3. The highest BCUT2D eigenvalue weighted by Gasteiger charge is 2.45. The van der Waals surface area contributed by atoms with E-state index in [1.165, 1.54) is 11.9 Å². The van der Waals surface area contributed by atoms with Crippen LogP contribution in [0.15, 0.2) is 0 Å². The van der Waals surface area contributed by atoms with Gasteiger partial charge < -0.3 is 5.73 Å². The highest BCUT2D eigenvalue weighted by atomic mass is 16.2. The van der Waals surface area contributed by atoms with Gasteiger partial charge in [-0.3, -0.25) is 9.59 Å². The van der Waals surface area contributed by atoms with Crippen molar-refractivity contribution >= 4 is 17.7 Å². The molecule has 3 amide bonds. The fraction of sp³-hybridized carbons (Fsp3) is 0.667. The average molecular weight is 214 g/mol. The molecule has 1 rings (SSSR count). The molecular formula is C9H16N3O3+. The molecule has 1 aliphatic rings. The molecule has 0 radical (unpaired) electrons. The van der Waals surface area contributed by atoms with Gasteiger partial charge in [-0.1, -0.05) is 0 Å². The SMILES string of the molecule is CC(=O)N(CC(N)=O)[N+]1(C)CCCC1=O. The van der Waals surface area contributed by atoms with Crippen molar-refractivity contribution in [3.05, 3.63) is 0 Å². The monoisotopic (exact) mass is 214 g/mol. The van der Waals surface area contributed by atoms with E-state index in [1.54, 1.807) is 7.05 Å². The van der Waals surface area contributed by atoms with Gasteiger partial charge in [-0.25, -0.2) is 4.79 Å². The van der Waals surface area contributed by atoms with Crippen molar-refractivity contribution in [1.29, 1.82) is 0 Å². The van der Waals surface area contributed by atoms with Crippen LogP contribution in [0.2, 0.25) is 0 Å². The van der Waals surface area contributed by atoms with Crippen molar-refractivity contribution in [2.24, 2.45) is 5.73 Å². The van der Waals surface area contributed by atoms with E-state index in [-0.39, 0.29) is 23.0 Å². The van der Waals surface area contributed by atoms with E-state index >= 15 is 0 Å². The molecule has 84 valence electrons. The van der Waals surface area contributed by atoms with Gasteiger partial charge in [0.1, 0.15) is 6.54 Å². The van der Waals surface area contributed by atoms with Crippen LogP contribution >= 0.6 is 0 Å². The topological polar surface area (TPSA) is 80.5 Å². The largest absolute Gasteiger partial charge is 0.368 e. The van der Waals surface area contributed by atoms with Crippen LogP contribution in [0.5, 0.6) is 0 Å². The van der Waals surface area contributed by atoms with Crippen molar-refractivity contribution < 1.29 is 19.0 Å². The van der Waals surface area contributed by atoms with E-state index < -0.39 is 5.91 Å². The van der Waals surface area contributed by atoms with Crippen molar-refractivity contribution in [3.8, 4) is 0 Å². The molecule has 1 unspecified atom stereocenters. The Hall–Kier alpha value is -1.43. The number of amides is 3. The molecule has 1 fully saturated rings. The number of likely N-dealkylation sites (tertiary alicyclic amines) is 1. The van der Waals surface area contributed by atoms with Gasteiger partial charge in [-0.15, -0.1) is 0 Å². The second-order valence-corrected chi connectivity index (χ2v) is 3.90. The molecule has 1 aliphatic heterocycles. The first kappa shape index (κ1) is 11.6. The highest BCUT2D eigenvalue weighted by Crippen LogP contribution is 2.21. The first-order valence-electron chi connectivity index (χ1n) is 4.84. The van der Waals surface area contributed by atoms with E-state index in [9.17, 15) is 14.4 Å². The minimum Gasteiger partial charge on any atom is -0.368 e. The van der Waals surface area contributed by atoms with Gasteiger partial charge >= 0.3 is 5.91 Å². The molecule has 2 N–H and O–H groups in total. The summed E-state index contributed by atoms with van der Waals surface area (Å²) in [6.45, 7) is 1.67. The third kappa shape index (κ3) is 2.15. The van der Waals surface area contributed by atoms with Gasteiger partial charge in [0.15, 0.2) is 6.54 Å². The maximum Gasteiger partial charge on any atom is 0.338 e. The maximum absolute atomic E-state index is 11.6. The Morgan fingerprint density at radius 2 is 2.13 bits per heavy atom. The highest BCUT2D eigenvalue weighted by molar-refractivity contribution is 5.83. The standard InChI is InChI=1S/C9H15N3O3/c1-7(13)11(6-8(10)14)12(2)5-3-4-9(12)15/h3-6H2,1-2H3,(H-,10,14)/p+1. The third-order valence-corrected chi connectivity index (χ3v) is 2.72. The minimum atomic E-state index is -0.607. The second-order valence-electron chi connectivity index (χ2n) is 3.90. The summed E-state index contributed by atoms with van der Waals surface area (Å²) in [5.74, 6) is -0.970. The minimum absolute atomic E-state index is 0.0496. The van der Waals surface area contributed by atoms with Gasteiger partial charge in [0, 0.05) is 13.3 Å². The number of hydrogen-bond acceptors (Lipinski definition) is 3. The summed E-state index contributed by atoms with van der Waals surface area (Å²) in [4.78, 5) is 33.8. The predicted molar refractivity (Wildman–Crippen MR) is 51.9 cm³/mol. The Morgan fingerprint density at radius 1 is 1.53 bits per heavy atom. The molecule has 1 saturated heterocycles. The Bertz CT molecular complexity index is 316. The van der Waals surface area contributed by atoms with Crippen molar-refractivity contribution in [2.75, 3.05) is 20.1 Å². The summed E-state index contributed by atoms with van der Waals surface area (Å²) < 4.78 is -0.127. The number of carbonyl (C=O) groups excluding carboxylic acids is 3. The van der Waals surface area contributed by atoms with Crippen LogP contribution in [-0.2, 0) is 14.4 Å². The van der Waals surface area contributed by atoms with E-state index in [1.807, 2.05) is 0 Å². The number of hydrogen-bond donors (Lipinski definition) is 1. The van der Waals surface area contributed by atoms with E-state index in [0.29, 0.717) is 13.0 Å². The molecule has 1 atom stereocenters. The van der Waals surface area contributed by atoms with Crippen LogP contribution in [-0.4, -0.2) is 47.5 Å². The Morgan fingerprint density at radius 3 is 2.47 bits per heavy atom. The molecule has 6 heteroatoms. The molecule has 15 heavy (non-hydrogen) atoms. The zero-order valence-corrected chi connectivity index (χ0v) is 9.02. The second kappa shape index (κ2) is 3.98. The summed E-state index contributed by atoms with van der Waals surface area (Å²) in [7, 11) is 1.64. The predicted octanol–water partition coefficient (Wildman–Crippen LogP) is -0.998. The number of nitrogens with zero attached hydrogens (tertiary/aromatic N) is 2. The Labute approximate surface area is 88.2 Å². The number of nitrogens with two attached hydrogens (primary N) is 1. The molecular weight excluding hydrogens is 198 g/mol.